The number of rotatable bonds is 6. The van der Waals surface area contributed by atoms with Crippen LogP contribution < -0.4 is 5.32 Å². The van der Waals surface area contributed by atoms with E-state index in [4.69, 9.17) is 0 Å². The second-order valence-electron chi connectivity index (χ2n) is 7.70. The van der Waals surface area contributed by atoms with Crippen LogP contribution in [0, 0.1) is 0 Å². The number of pyridine rings is 1. The van der Waals surface area contributed by atoms with E-state index in [0.29, 0.717) is 12.1 Å². The monoisotopic (exact) mass is 367 g/mol. The first-order valence-electron chi connectivity index (χ1n) is 10.3. The van der Waals surface area contributed by atoms with Crippen LogP contribution in [0.15, 0.2) is 18.3 Å². The molecule has 3 heterocycles. The van der Waals surface area contributed by atoms with E-state index in [2.05, 4.69) is 38.0 Å². The highest BCUT2D eigenvalue weighted by Crippen LogP contribution is 2.20. The van der Waals surface area contributed by atoms with Crippen molar-refractivity contribution in [1.82, 2.24) is 25.0 Å². The van der Waals surface area contributed by atoms with Crippen LogP contribution in [-0.4, -0.2) is 38.7 Å². The summed E-state index contributed by atoms with van der Waals surface area (Å²) in [5.41, 5.74) is 5.23. The fourth-order valence-corrected chi connectivity index (χ4v) is 4.02. The SMILES string of the molecule is CCCCN1CCn2nc(CNC(=O)c3cnc4c(c3)CCCC4)cc2C1. The summed E-state index contributed by atoms with van der Waals surface area (Å²) < 4.78 is 2.09. The predicted molar refractivity (Wildman–Crippen MR) is 104 cm³/mol. The highest BCUT2D eigenvalue weighted by Gasteiger charge is 2.19. The van der Waals surface area contributed by atoms with Gasteiger partial charge in [0.15, 0.2) is 0 Å². The maximum Gasteiger partial charge on any atom is 0.253 e. The van der Waals surface area contributed by atoms with Gasteiger partial charge in [-0.05, 0) is 56.3 Å². The van der Waals surface area contributed by atoms with E-state index in [-0.39, 0.29) is 5.91 Å². The molecule has 0 saturated heterocycles. The van der Waals surface area contributed by atoms with Gasteiger partial charge in [-0.25, -0.2) is 0 Å². The van der Waals surface area contributed by atoms with E-state index in [0.717, 1.165) is 50.4 Å². The summed E-state index contributed by atoms with van der Waals surface area (Å²) in [5.74, 6) is -0.0635. The van der Waals surface area contributed by atoms with Gasteiger partial charge < -0.3 is 5.32 Å². The number of carbonyl (C=O) groups excluding carboxylic acids is 1. The van der Waals surface area contributed by atoms with Crippen LogP contribution in [0.4, 0.5) is 0 Å². The Labute approximate surface area is 161 Å². The van der Waals surface area contributed by atoms with Crippen molar-refractivity contribution in [2.45, 2.75) is 65.1 Å². The average Bonchev–Trinajstić information content (AvgIpc) is 3.12. The van der Waals surface area contributed by atoms with Crippen LogP contribution in [0.5, 0.6) is 0 Å². The molecule has 0 saturated carbocycles. The molecule has 0 radical (unpaired) electrons. The largest absolute Gasteiger partial charge is 0.346 e. The molecule has 1 N–H and O–H groups in total. The number of unbranched alkanes of at least 4 members (excludes halogenated alkanes) is 1. The minimum absolute atomic E-state index is 0.0635. The lowest BCUT2D eigenvalue weighted by Gasteiger charge is -2.27. The molecule has 1 aliphatic carbocycles. The molecule has 0 unspecified atom stereocenters. The summed E-state index contributed by atoms with van der Waals surface area (Å²) in [6, 6.07) is 4.14. The molecular weight excluding hydrogens is 338 g/mol. The quantitative estimate of drug-likeness (QED) is 0.853. The summed E-state index contributed by atoms with van der Waals surface area (Å²) in [7, 11) is 0. The fraction of sp³-hybridized carbons (Fsp3) is 0.571. The zero-order valence-corrected chi connectivity index (χ0v) is 16.2. The molecule has 0 spiro atoms. The van der Waals surface area contributed by atoms with E-state index in [1.54, 1.807) is 6.20 Å². The van der Waals surface area contributed by atoms with Gasteiger partial charge in [0.25, 0.3) is 5.91 Å². The molecule has 2 aromatic heterocycles. The lowest BCUT2D eigenvalue weighted by atomic mass is 9.95. The summed E-state index contributed by atoms with van der Waals surface area (Å²) in [6.45, 7) is 6.79. The summed E-state index contributed by atoms with van der Waals surface area (Å²) in [5, 5.41) is 7.67. The van der Waals surface area contributed by atoms with Crippen molar-refractivity contribution in [2.24, 2.45) is 0 Å². The van der Waals surface area contributed by atoms with Crippen molar-refractivity contribution in [3.8, 4) is 0 Å². The van der Waals surface area contributed by atoms with Gasteiger partial charge in [0.1, 0.15) is 0 Å². The maximum absolute atomic E-state index is 12.5. The molecule has 0 atom stereocenters. The number of carbonyl (C=O) groups is 1. The van der Waals surface area contributed by atoms with Crippen LogP contribution >= 0.6 is 0 Å². The Morgan fingerprint density at radius 3 is 3.00 bits per heavy atom. The molecule has 4 rings (SSSR count). The number of aromatic nitrogens is 3. The highest BCUT2D eigenvalue weighted by atomic mass is 16.1. The highest BCUT2D eigenvalue weighted by molar-refractivity contribution is 5.94. The van der Waals surface area contributed by atoms with E-state index in [1.165, 1.54) is 36.9 Å². The van der Waals surface area contributed by atoms with Crippen molar-refractivity contribution in [3.05, 3.63) is 46.5 Å². The Morgan fingerprint density at radius 2 is 2.11 bits per heavy atom. The Kier molecular flexibility index (Phi) is 5.53. The lowest BCUT2D eigenvalue weighted by Crippen LogP contribution is -2.34. The van der Waals surface area contributed by atoms with E-state index in [1.807, 2.05) is 6.07 Å². The van der Waals surface area contributed by atoms with E-state index in [9.17, 15) is 4.79 Å². The third kappa shape index (κ3) is 4.21. The number of nitrogens with zero attached hydrogens (tertiary/aromatic N) is 4. The second-order valence-corrected chi connectivity index (χ2v) is 7.70. The van der Waals surface area contributed by atoms with Crippen molar-refractivity contribution in [1.29, 1.82) is 0 Å². The zero-order valence-electron chi connectivity index (χ0n) is 16.2. The molecule has 2 aliphatic rings. The van der Waals surface area contributed by atoms with Crippen molar-refractivity contribution < 1.29 is 4.79 Å². The minimum atomic E-state index is -0.0635. The molecule has 2 aromatic rings. The fourth-order valence-electron chi connectivity index (χ4n) is 4.02. The van der Waals surface area contributed by atoms with E-state index >= 15 is 0 Å². The second kappa shape index (κ2) is 8.21. The number of hydrogen-bond acceptors (Lipinski definition) is 4. The number of amides is 1. The Morgan fingerprint density at radius 1 is 1.22 bits per heavy atom. The number of aryl methyl sites for hydroxylation is 2. The van der Waals surface area contributed by atoms with Crippen molar-refractivity contribution in [2.75, 3.05) is 13.1 Å². The van der Waals surface area contributed by atoms with Gasteiger partial charge >= 0.3 is 0 Å². The van der Waals surface area contributed by atoms with Crippen LogP contribution in [0.2, 0.25) is 0 Å². The predicted octanol–water partition coefficient (Wildman–Crippen LogP) is 2.70. The van der Waals surface area contributed by atoms with Gasteiger partial charge in [-0.3, -0.25) is 19.4 Å². The van der Waals surface area contributed by atoms with Crippen LogP contribution in [0.3, 0.4) is 0 Å². The Bertz CT molecular complexity index is 813. The molecular formula is C21H29N5O. The summed E-state index contributed by atoms with van der Waals surface area (Å²) in [6.07, 6.45) is 8.64. The third-order valence-electron chi connectivity index (χ3n) is 5.62. The zero-order chi connectivity index (χ0) is 18.6. The Hall–Kier alpha value is -2.21. The maximum atomic E-state index is 12.5. The van der Waals surface area contributed by atoms with Crippen molar-refractivity contribution in [3.63, 3.8) is 0 Å². The molecule has 0 aromatic carbocycles. The number of hydrogen-bond donors (Lipinski definition) is 1. The van der Waals surface area contributed by atoms with Crippen LogP contribution in [0.25, 0.3) is 0 Å². The van der Waals surface area contributed by atoms with Gasteiger partial charge in [-0.1, -0.05) is 13.3 Å². The first-order chi connectivity index (χ1) is 13.2. The molecule has 1 amide bonds. The molecule has 0 fully saturated rings. The topological polar surface area (TPSA) is 63.1 Å². The summed E-state index contributed by atoms with van der Waals surface area (Å²) >= 11 is 0. The number of nitrogens with one attached hydrogen (secondary N) is 1. The van der Waals surface area contributed by atoms with Gasteiger partial charge in [0, 0.05) is 25.0 Å². The smallest absolute Gasteiger partial charge is 0.253 e. The molecule has 27 heavy (non-hydrogen) atoms. The Balaban J connectivity index is 1.35. The molecule has 6 heteroatoms. The first-order valence-corrected chi connectivity index (χ1v) is 10.3. The molecule has 144 valence electrons. The lowest BCUT2D eigenvalue weighted by molar-refractivity contribution is 0.0949. The van der Waals surface area contributed by atoms with Crippen LogP contribution in [-0.2, 0) is 32.5 Å². The van der Waals surface area contributed by atoms with Crippen LogP contribution in [0.1, 0.15) is 65.6 Å². The molecule has 0 bridgehead atoms. The molecule has 1 aliphatic heterocycles. The van der Waals surface area contributed by atoms with Gasteiger partial charge in [-0.15, -0.1) is 0 Å². The van der Waals surface area contributed by atoms with Gasteiger partial charge in [0.05, 0.1) is 30.0 Å². The minimum Gasteiger partial charge on any atom is -0.346 e. The summed E-state index contributed by atoms with van der Waals surface area (Å²) in [4.78, 5) is 19.5. The van der Waals surface area contributed by atoms with Gasteiger partial charge in [0.2, 0.25) is 0 Å². The third-order valence-corrected chi connectivity index (χ3v) is 5.62. The van der Waals surface area contributed by atoms with Gasteiger partial charge in [-0.2, -0.15) is 5.10 Å². The first kappa shape index (κ1) is 18.2. The molecule has 6 nitrogen and oxygen atoms in total. The number of fused-ring (bicyclic) bond motifs is 2. The standard InChI is InChI=1S/C21H29N5O/c1-2-3-8-25-9-10-26-19(15-25)12-18(24-26)14-23-21(27)17-11-16-6-4-5-7-20(16)22-13-17/h11-13H,2-10,14-15H2,1H3,(H,23,27). The van der Waals surface area contributed by atoms with E-state index < -0.39 is 0 Å². The van der Waals surface area contributed by atoms with Crippen molar-refractivity contribution >= 4 is 5.91 Å². The average molecular weight is 367 g/mol. The normalized spacial score (nSPS) is 16.6.